The Morgan fingerprint density at radius 3 is 2.53 bits per heavy atom. The van der Waals surface area contributed by atoms with E-state index >= 15 is 0 Å². The fourth-order valence-corrected chi connectivity index (χ4v) is 3.73. The molecule has 0 N–H and O–H groups in total. The number of halogens is 1. The van der Waals surface area contributed by atoms with E-state index in [0.29, 0.717) is 37.7 Å². The van der Waals surface area contributed by atoms with Crippen molar-refractivity contribution in [2.45, 2.75) is 4.90 Å². The van der Waals surface area contributed by atoms with Gasteiger partial charge in [0, 0.05) is 31.2 Å². The van der Waals surface area contributed by atoms with E-state index in [2.05, 4.69) is 6.07 Å². The Labute approximate surface area is 118 Å². The van der Waals surface area contributed by atoms with Gasteiger partial charge in [-0.1, -0.05) is 17.7 Å². The lowest BCUT2D eigenvalue weighted by atomic mass is 10.4. The van der Waals surface area contributed by atoms with Crippen molar-refractivity contribution in [3.63, 3.8) is 0 Å². The molecule has 102 valence electrons. The second-order valence-corrected chi connectivity index (χ2v) is 6.67. The minimum Gasteiger partial charge on any atom is -0.288 e. The van der Waals surface area contributed by atoms with Crippen LogP contribution in [0.25, 0.3) is 0 Å². The van der Waals surface area contributed by atoms with E-state index in [1.165, 1.54) is 10.4 Å². The molecule has 0 amide bonds. The van der Waals surface area contributed by atoms with Crippen molar-refractivity contribution in [1.29, 1.82) is 5.26 Å². The summed E-state index contributed by atoms with van der Waals surface area (Å²) < 4.78 is 26.2. The molecule has 1 saturated heterocycles. The fraction of sp³-hybridized carbons (Fsp3) is 0.417. The van der Waals surface area contributed by atoms with Crippen molar-refractivity contribution in [3.8, 4) is 6.07 Å². The summed E-state index contributed by atoms with van der Waals surface area (Å²) in [4.78, 5) is 2.15. The first-order chi connectivity index (χ1) is 9.04. The normalized spacial score (nSPS) is 18.1. The van der Waals surface area contributed by atoms with Crippen molar-refractivity contribution in [1.82, 2.24) is 9.21 Å². The summed E-state index contributed by atoms with van der Waals surface area (Å²) in [6, 6.07) is 8.34. The van der Waals surface area contributed by atoms with Gasteiger partial charge in [-0.05, 0) is 18.2 Å². The second kappa shape index (κ2) is 5.88. The predicted octanol–water partition coefficient (Wildman–Crippen LogP) is 1.17. The standard InChI is InChI=1S/C12H14ClN3O2S/c13-11-2-1-3-12(10-11)19(17,18)16-8-6-15(5-4-14)7-9-16/h1-3,10H,5-9H2. The number of rotatable bonds is 3. The lowest BCUT2D eigenvalue weighted by Gasteiger charge is -2.32. The third-order valence-corrected chi connectivity index (χ3v) is 5.19. The number of nitriles is 1. The van der Waals surface area contributed by atoms with E-state index in [-0.39, 0.29) is 4.90 Å². The van der Waals surface area contributed by atoms with Crippen LogP contribution in [0.15, 0.2) is 29.2 Å². The molecule has 0 bridgehead atoms. The van der Waals surface area contributed by atoms with Gasteiger partial charge in [-0.25, -0.2) is 8.42 Å². The molecule has 1 aliphatic heterocycles. The number of piperazine rings is 1. The van der Waals surface area contributed by atoms with Gasteiger partial charge in [0.05, 0.1) is 17.5 Å². The van der Waals surface area contributed by atoms with Crippen molar-refractivity contribution >= 4 is 21.6 Å². The molecule has 0 aromatic heterocycles. The van der Waals surface area contributed by atoms with Crippen LogP contribution >= 0.6 is 11.6 Å². The number of hydrogen-bond donors (Lipinski definition) is 0. The SMILES string of the molecule is N#CCN1CCN(S(=O)(=O)c2cccc(Cl)c2)CC1. The summed E-state index contributed by atoms with van der Waals surface area (Å²) in [6.07, 6.45) is 0. The van der Waals surface area contributed by atoms with Crippen LogP contribution in [0.5, 0.6) is 0 Å². The highest BCUT2D eigenvalue weighted by Crippen LogP contribution is 2.20. The second-order valence-electron chi connectivity index (χ2n) is 4.30. The van der Waals surface area contributed by atoms with Crippen LogP contribution in [-0.2, 0) is 10.0 Å². The maximum Gasteiger partial charge on any atom is 0.243 e. The Morgan fingerprint density at radius 1 is 1.26 bits per heavy atom. The molecule has 0 saturated carbocycles. The predicted molar refractivity (Wildman–Crippen MR) is 72.3 cm³/mol. The van der Waals surface area contributed by atoms with Crippen molar-refractivity contribution in [3.05, 3.63) is 29.3 Å². The first-order valence-electron chi connectivity index (χ1n) is 5.89. The zero-order chi connectivity index (χ0) is 13.9. The molecular formula is C12H14ClN3O2S. The quantitative estimate of drug-likeness (QED) is 0.786. The van der Waals surface area contributed by atoms with Crippen molar-refractivity contribution in [2.24, 2.45) is 0 Å². The van der Waals surface area contributed by atoms with E-state index in [1.807, 2.05) is 4.90 Å². The summed E-state index contributed by atoms with van der Waals surface area (Å²) in [5.74, 6) is 0. The minimum atomic E-state index is -3.48. The molecule has 1 fully saturated rings. The Hall–Kier alpha value is -1.13. The minimum absolute atomic E-state index is 0.216. The molecule has 1 aliphatic rings. The molecule has 7 heteroatoms. The largest absolute Gasteiger partial charge is 0.288 e. The van der Waals surface area contributed by atoms with Gasteiger partial charge in [-0.15, -0.1) is 0 Å². The molecule has 0 unspecified atom stereocenters. The summed E-state index contributed by atoms with van der Waals surface area (Å²) in [5, 5.41) is 9.02. The molecule has 1 heterocycles. The van der Waals surface area contributed by atoms with E-state index < -0.39 is 10.0 Å². The maximum atomic E-state index is 12.4. The van der Waals surface area contributed by atoms with Gasteiger partial charge in [0.2, 0.25) is 10.0 Å². The number of nitrogens with zero attached hydrogens (tertiary/aromatic N) is 3. The molecule has 0 spiro atoms. The van der Waals surface area contributed by atoms with E-state index in [1.54, 1.807) is 18.2 Å². The zero-order valence-corrected chi connectivity index (χ0v) is 11.9. The van der Waals surface area contributed by atoms with Gasteiger partial charge < -0.3 is 0 Å². The lowest BCUT2D eigenvalue weighted by Crippen LogP contribution is -2.48. The number of benzene rings is 1. The Bertz CT molecular complexity index is 589. The molecular weight excluding hydrogens is 286 g/mol. The Kier molecular flexibility index (Phi) is 4.42. The first-order valence-corrected chi connectivity index (χ1v) is 7.71. The Balaban J connectivity index is 2.12. The molecule has 19 heavy (non-hydrogen) atoms. The van der Waals surface area contributed by atoms with E-state index in [0.717, 1.165) is 0 Å². The number of hydrogen-bond acceptors (Lipinski definition) is 4. The third kappa shape index (κ3) is 3.25. The maximum absolute atomic E-state index is 12.4. The lowest BCUT2D eigenvalue weighted by molar-refractivity contribution is 0.206. The highest BCUT2D eigenvalue weighted by atomic mass is 35.5. The van der Waals surface area contributed by atoms with Gasteiger partial charge in [0.1, 0.15) is 0 Å². The van der Waals surface area contributed by atoms with Gasteiger partial charge in [-0.3, -0.25) is 4.90 Å². The molecule has 2 rings (SSSR count). The highest BCUT2D eigenvalue weighted by Gasteiger charge is 2.28. The van der Waals surface area contributed by atoms with Gasteiger partial charge in [-0.2, -0.15) is 9.57 Å². The summed E-state index contributed by atoms with van der Waals surface area (Å²) >= 11 is 5.83. The molecule has 1 aromatic rings. The van der Waals surface area contributed by atoms with Gasteiger partial charge >= 0.3 is 0 Å². The average molecular weight is 300 g/mol. The van der Waals surface area contributed by atoms with E-state index in [9.17, 15) is 8.42 Å². The zero-order valence-electron chi connectivity index (χ0n) is 10.3. The van der Waals surface area contributed by atoms with Crippen LogP contribution in [0.4, 0.5) is 0 Å². The summed E-state index contributed by atoms with van der Waals surface area (Å²) in [6.45, 7) is 2.29. The topological polar surface area (TPSA) is 64.4 Å². The monoisotopic (exact) mass is 299 g/mol. The third-order valence-electron chi connectivity index (χ3n) is 3.06. The van der Waals surface area contributed by atoms with Crippen molar-refractivity contribution < 1.29 is 8.42 Å². The first kappa shape index (κ1) is 14.3. The molecule has 0 radical (unpaired) electrons. The highest BCUT2D eigenvalue weighted by molar-refractivity contribution is 7.89. The molecule has 0 aliphatic carbocycles. The molecule has 5 nitrogen and oxygen atoms in total. The molecule has 0 atom stereocenters. The smallest absolute Gasteiger partial charge is 0.243 e. The van der Waals surface area contributed by atoms with Crippen LogP contribution in [-0.4, -0.2) is 50.3 Å². The summed E-state index contributed by atoms with van der Waals surface area (Å²) in [5.41, 5.74) is 0. The number of sulfonamides is 1. The average Bonchev–Trinajstić information content (AvgIpc) is 2.40. The fourth-order valence-electron chi connectivity index (χ4n) is 2.00. The van der Waals surface area contributed by atoms with Crippen LogP contribution in [0.2, 0.25) is 5.02 Å². The molecule has 1 aromatic carbocycles. The Morgan fingerprint density at radius 2 is 1.95 bits per heavy atom. The van der Waals surface area contributed by atoms with E-state index in [4.69, 9.17) is 16.9 Å². The van der Waals surface area contributed by atoms with Crippen molar-refractivity contribution in [2.75, 3.05) is 32.7 Å². The van der Waals surface area contributed by atoms with Gasteiger partial charge in [0.15, 0.2) is 0 Å². The van der Waals surface area contributed by atoms with Crippen LogP contribution < -0.4 is 0 Å². The van der Waals surface area contributed by atoms with Gasteiger partial charge in [0.25, 0.3) is 0 Å². The van der Waals surface area contributed by atoms with Crippen LogP contribution in [0, 0.1) is 11.3 Å². The summed E-state index contributed by atoms with van der Waals surface area (Å²) in [7, 11) is -3.48. The van der Waals surface area contributed by atoms with Crippen LogP contribution in [0.3, 0.4) is 0 Å². The van der Waals surface area contributed by atoms with Crippen LogP contribution in [0.1, 0.15) is 0 Å².